The molecule has 1 aromatic carbocycles. The van der Waals surface area contributed by atoms with Gasteiger partial charge >= 0.3 is 0 Å². The van der Waals surface area contributed by atoms with Gasteiger partial charge in [-0.25, -0.2) is 0 Å². The molecule has 158 valence electrons. The monoisotopic (exact) mass is 394 g/mol. The van der Waals surface area contributed by atoms with Crippen LogP contribution in [0.2, 0.25) is 0 Å². The van der Waals surface area contributed by atoms with Gasteiger partial charge in [0.1, 0.15) is 5.78 Å². The number of likely N-dealkylation sites (tertiary alicyclic amines) is 1. The van der Waals surface area contributed by atoms with Crippen molar-refractivity contribution in [2.24, 2.45) is 5.92 Å². The van der Waals surface area contributed by atoms with Crippen molar-refractivity contribution in [3.8, 4) is 0 Å². The predicted octanol–water partition coefficient (Wildman–Crippen LogP) is 5.98. The third-order valence-electron chi connectivity index (χ3n) is 6.14. The number of hydrogen-bond acceptors (Lipinski definition) is 3. The number of ketones is 1. The number of anilines is 1. The number of aryl methyl sites for hydroxylation is 1. The maximum atomic E-state index is 11.7. The molecule has 1 heterocycles. The van der Waals surface area contributed by atoms with E-state index in [1.54, 1.807) is 6.92 Å². The number of carbonyl (C=O) groups is 1. The van der Waals surface area contributed by atoms with Gasteiger partial charge in [0.15, 0.2) is 0 Å². The lowest BCUT2D eigenvalue weighted by Gasteiger charge is -2.24. The van der Waals surface area contributed by atoms with Gasteiger partial charge in [0, 0.05) is 30.7 Å². The highest BCUT2D eigenvalue weighted by Crippen LogP contribution is 2.28. The minimum Gasteiger partial charge on any atom is -0.378 e. The third kappa shape index (κ3) is 6.17. The number of hydrogen-bond donors (Lipinski definition) is 1. The quantitative estimate of drug-likeness (QED) is 0.550. The van der Waals surface area contributed by atoms with Crippen LogP contribution >= 0.6 is 0 Å². The Morgan fingerprint density at radius 1 is 1.28 bits per heavy atom. The molecule has 0 radical (unpaired) electrons. The second-order valence-electron chi connectivity index (χ2n) is 8.41. The summed E-state index contributed by atoms with van der Waals surface area (Å²) in [6, 6.07) is 4.62. The van der Waals surface area contributed by atoms with Gasteiger partial charge in [0.25, 0.3) is 0 Å². The molecule has 2 rings (SSSR count). The van der Waals surface area contributed by atoms with Crippen LogP contribution in [0.3, 0.4) is 0 Å². The Hall–Kier alpha value is -2.13. The number of benzene rings is 1. The number of rotatable bonds is 8. The molecular formula is C26H38N2O. The van der Waals surface area contributed by atoms with E-state index < -0.39 is 0 Å². The second kappa shape index (κ2) is 10.6. The maximum absolute atomic E-state index is 11.7. The summed E-state index contributed by atoms with van der Waals surface area (Å²) in [5.41, 5.74) is 7.74. The van der Waals surface area contributed by atoms with Gasteiger partial charge in [0.05, 0.1) is 0 Å². The summed E-state index contributed by atoms with van der Waals surface area (Å²) < 4.78 is 0. The maximum Gasteiger partial charge on any atom is 0.134 e. The smallest absolute Gasteiger partial charge is 0.134 e. The van der Waals surface area contributed by atoms with E-state index in [4.69, 9.17) is 0 Å². The third-order valence-corrected chi connectivity index (χ3v) is 6.14. The molecule has 29 heavy (non-hydrogen) atoms. The van der Waals surface area contributed by atoms with E-state index in [1.807, 2.05) is 0 Å². The number of allylic oxidation sites excluding steroid dienone is 4. The molecule has 1 aliphatic rings. The number of nitrogens with zero attached hydrogens (tertiary/aromatic N) is 1. The molecule has 1 aromatic rings. The van der Waals surface area contributed by atoms with Crippen molar-refractivity contribution in [2.75, 3.05) is 18.4 Å². The van der Waals surface area contributed by atoms with E-state index in [0.717, 1.165) is 26.1 Å². The van der Waals surface area contributed by atoms with Crippen molar-refractivity contribution in [1.29, 1.82) is 0 Å². The summed E-state index contributed by atoms with van der Waals surface area (Å²) >= 11 is 0. The van der Waals surface area contributed by atoms with Gasteiger partial charge < -0.3 is 5.32 Å². The number of carbonyl (C=O) groups excluding carboxylic acids is 1. The van der Waals surface area contributed by atoms with Gasteiger partial charge in [-0.05, 0) is 89.8 Å². The Kier molecular flexibility index (Phi) is 8.45. The van der Waals surface area contributed by atoms with Crippen molar-refractivity contribution >= 4 is 11.5 Å². The van der Waals surface area contributed by atoms with Crippen LogP contribution in [0.1, 0.15) is 57.7 Å². The summed E-state index contributed by atoms with van der Waals surface area (Å²) in [7, 11) is 0. The predicted molar refractivity (Wildman–Crippen MR) is 125 cm³/mol. The molecule has 1 saturated heterocycles. The van der Waals surface area contributed by atoms with Crippen LogP contribution in [-0.4, -0.2) is 29.8 Å². The van der Waals surface area contributed by atoms with E-state index in [1.165, 1.54) is 33.5 Å². The van der Waals surface area contributed by atoms with Crippen molar-refractivity contribution in [2.45, 2.75) is 67.5 Å². The summed E-state index contributed by atoms with van der Waals surface area (Å²) in [5.74, 6) is 0.533. The summed E-state index contributed by atoms with van der Waals surface area (Å²) in [4.78, 5) is 14.1. The second-order valence-corrected chi connectivity index (χ2v) is 8.41. The summed E-state index contributed by atoms with van der Waals surface area (Å²) in [6.45, 7) is 17.4. The zero-order chi connectivity index (χ0) is 21.6. The molecule has 0 saturated carbocycles. The highest BCUT2D eigenvalue weighted by atomic mass is 16.1. The van der Waals surface area contributed by atoms with Crippen LogP contribution in [-0.2, 0) is 11.3 Å². The van der Waals surface area contributed by atoms with E-state index in [9.17, 15) is 4.79 Å². The number of Topliss-reactive ketones (excluding diaryl/α,β-unsaturated/α-hetero) is 1. The molecule has 0 aliphatic carbocycles. The SMILES string of the molecule is C\C=C/C(=C\C(C)=C\C)[C@@H](C)Nc1ccc(C)c(CN2CCC(C(C)=O)C2)c1C. The van der Waals surface area contributed by atoms with Crippen LogP contribution in [0.5, 0.6) is 0 Å². The highest BCUT2D eigenvalue weighted by Gasteiger charge is 2.26. The Labute approximate surface area is 177 Å². The standard InChI is InChI=1S/C26H38N2O/c1-8-10-23(15-18(3)9-2)21(6)27-26-12-11-19(4)25(20(26)5)17-28-14-13-24(16-28)22(7)29/h8-12,15,21,24,27H,13-14,16-17H2,1-7H3/b10-8-,18-9+,23-15+/t21-,24?/m1/s1. The zero-order valence-electron chi connectivity index (χ0n) is 19.3. The van der Waals surface area contributed by atoms with E-state index in [2.05, 4.69) is 88.2 Å². The van der Waals surface area contributed by atoms with Crippen LogP contribution in [0.4, 0.5) is 5.69 Å². The van der Waals surface area contributed by atoms with Gasteiger partial charge in [-0.15, -0.1) is 0 Å². The molecule has 1 N–H and O–H groups in total. The van der Waals surface area contributed by atoms with Gasteiger partial charge in [-0.1, -0.05) is 35.9 Å². The zero-order valence-corrected chi connectivity index (χ0v) is 19.3. The molecule has 0 spiro atoms. The Morgan fingerprint density at radius 2 is 2.00 bits per heavy atom. The van der Waals surface area contributed by atoms with E-state index in [0.29, 0.717) is 5.78 Å². The molecule has 0 amide bonds. The molecule has 1 fully saturated rings. The lowest BCUT2D eigenvalue weighted by Crippen LogP contribution is -2.24. The first kappa shape index (κ1) is 23.2. The molecular weight excluding hydrogens is 356 g/mol. The van der Waals surface area contributed by atoms with Crippen LogP contribution in [0.15, 0.2) is 47.6 Å². The Morgan fingerprint density at radius 3 is 2.59 bits per heavy atom. The molecule has 1 aliphatic heterocycles. The van der Waals surface area contributed by atoms with Gasteiger partial charge in [-0.2, -0.15) is 0 Å². The first-order valence-corrected chi connectivity index (χ1v) is 10.8. The summed E-state index contributed by atoms with van der Waals surface area (Å²) in [5, 5.41) is 3.72. The average molecular weight is 395 g/mol. The molecule has 0 bridgehead atoms. The normalized spacial score (nSPS) is 19.8. The summed E-state index contributed by atoms with van der Waals surface area (Å²) in [6.07, 6.45) is 9.65. The largest absolute Gasteiger partial charge is 0.378 e. The Bertz CT molecular complexity index is 816. The van der Waals surface area contributed by atoms with Gasteiger partial charge in [-0.3, -0.25) is 9.69 Å². The number of nitrogens with one attached hydrogen (secondary N) is 1. The minimum atomic E-state index is 0.209. The fourth-order valence-corrected chi connectivity index (χ4v) is 4.00. The fraction of sp³-hybridized carbons (Fsp3) is 0.500. The van der Waals surface area contributed by atoms with Crippen LogP contribution in [0.25, 0.3) is 0 Å². The highest BCUT2D eigenvalue weighted by molar-refractivity contribution is 5.78. The van der Waals surface area contributed by atoms with E-state index >= 15 is 0 Å². The molecule has 1 unspecified atom stereocenters. The Balaban J connectivity index is 2.21. The van der Waals surface area contributed by atoms with Crippen molar-refractivity contribution in [1.82, 2.24) is 4.90 Å². The fourth-order valence-electron chi connectivity index (χ4n) is 4.00. The molecule has 2 atom stereocenters. The topological polar surface area (TPSA) is 32.3 Å². The van der Waals surface area contributed by atoms with Crippen molar-refractivity contribution < 1.29 is 4.79 Å². The first-order valence-electron chi connectivity index (χ1n) is 10.8. The minimum absolute atomic E-state index is 0.209. The van der Waals surface area contributed by atoms with Crippen LogP contribution < -0.4 is 5.32 Å². The average Bonchev–Trinajstić information content (AvgIpc) is 3.16. The lowest BCUT2D eigenvalue weighted by molar-refractivity contribution is -0.120. The van der Waals surface area contributed by atoms with E-state index in [-0.39, 0.29) is 12.0 Å². The first-order chi connectivity index (χ1) is 13.8. The lowest BCUT2D eigenvalue weighted by atomic mass is 9.98. The molecule has 0 aromatic heterocycles. The molecule has 3 nitrogen and oxygen atoms in total. The van der Waals surface area contributed by atoms with Gasteiger partial charge in [0.2, 0.25) is 0 Å². The van der Waals surface area contributed by atoms with Crippen LogP contribution in [0, 0.1) is 19.8 Å². The van der Waals surface area contributed by atoms with Crippen molar-refractivity contribution in [3.63, 3.8) is 0 Å². The molecule has 3 heteroatoms. The van der Waals surface area contributed by atoms with Crippen molar-refractivity contribution in [3.05, 3.63) is 64.3 Å².